The van der Waals surface area contributed by atoms with E-state index in [1.165, 1.54) is 12.1 Å². The van der Waals surface area contributed by atoms with E-state index in [2.05, 4.69) is 5.32 Å². The number of nitrogens with two attached hydrogens (primary N) is 1. The van der Waals surface area contributed by atoms with E-state index in [0.717, 1.165) is 37.7 Å². The summed E-state index contributed by atoms with van der Waals surface area (Å²) in [5.41, 5.74) is 6.51. The van der Waals surface area contributed by atoms with Gasteiger partial charge in [-0.3, -0.25) is 4.79 Å². The van der Waals surface area contributed by atoms with Crippen molar-refractivity contribution < 1.29 is 9.18 Å². The topological polar surface area (TPSA) is 55.1 Å². The Morgan fingerprint density at radius 2 is 1.90 bits per heavy atom. The maximum atomic E-state index is 12.8. The van der Waals surface area contributed by atoms with Crippen LogP contribution in [0.25, 0.3) is 0 Å². The van der Waals surface area contributed by atoms with Gasteiger partial charge < -0.3 is 11.1 Å². The highest BCUT2D eigenvalue weighted by atomic mass is 19.1. The summed E-state index contributed by atoms with van der Waals surface area (Å²) < 4.78 is 12.8. The second kappa shape index (κ2) is 6.35. The fraction of sp³-hybridized carbons (Fsp3) is 0.562. The average molecular weight is 278 g/mol. The number of amides is 1. The molecule has 0 heterocycles. The largest absolute Gasteiger partial charge is 0.352 e. The molecule has 1 fully saturated rings. The van der Waals surface area contributed by atoms with Gasteiger partial charge in [-0.1, -0.05) is 31.4 Å². The van der Waals surface area contributed by atoms with Crippen LogP contribution in [0.2, 0.25) is 0 Å². The van der Waals surface area contributed by atoms with Crippen molar-refractivity contribution >= 4 is 5.91 Å². The van der Waals surface area contributed by atoms with Crippen molar-refractivity contribution in [2.45, 2.75) is 57.0 Å². The summed E-state index contributed by atoms with van der Waals surface area (Å²) in [6.07, 6.45) is 5.43. The molecule has 1 aromatic carbocycles. The lowest BCUT2D eigenvalue weighted by Gasteiger charge is -2.33. The molecule has 4 heteroatoms. The van der Waals surface area contributed by atoms with Crippen LogP contribution in [0.15, 0.2) is 24.3 Å². The zero-order valence-corrected chi connectivity index (χ0v) is 12.0. The monoisotopic (exact) mass is 278 g/mol. The molecule has 1 atom stereocenters. The average Bonchev–Trinajstić information content (AvgIpc) is 2.42. The van der Waals surface area contributed by atoms with Gasteiger partial charge in [0.15, 0.2) is 0 Å². The summed E-state index contributed by atoms with van der Waals surface area (Å²) in [5.74, 6) is -0.291. The molecule has 3 nitrogen and oxygen atoms in total. The molecule has 0 bridgehead atoms. The Kier molecular flexibility index (Phi) is 4.76. The van der Waals surface area contributed by atoms with E-state index >= 15 is 0 Å². The third-order valence-electron chi connectivity index (χ3n) is 4.03. The molecule has 110 valence electrons. The zero-order valence-electron chi connectivity index (χ0n) is 12.0. The van der Waals surface area contributed by atoms with Gasteiger partial charge in [0.25, 0.3) is 0 Å². The number of rotatable bonds is 4. The molecule has 1 unspecified atom stereocenters. The van der Waals surface area contributed by atoms with Crippen LogP contribution in [-0.2, 0) is 11.2 Å². The first-order chi connectivity index (χ1) is 9.49. The number of benzene rings is 1. The molecule has 0 aromatic heterocycles. The molecule has 2 rings (SSSR count). The number of nitrogens with one attached hydrogen (secondary N) is 1. The fourth-order valence-corrected chi connectivity index (χ4v) is 2.80. The first kappa shape index (κ1) is 15.0. The Bertz CT molecular complexity index is 452. The van der Waals surface area contributed by atoms with Crippen LogP contribution in [0, 0.1) is 5.82 Å². The van der Waals surface area contributed by atoms with Crippen molar-refractivity contribution in [2.24, 2.45) is 5.73 Å². The fourth-order valence-electron chi connectivity index (χ4n) is 2.80. The van der Waals surface area contributed by atoms with Crippen LogP contribution in [0.4, 0.5) is 4.39 Å². The predicted molar refractivity (Wildman–Crippen MR) is 77.7 cm³/mol. The third-order valence-corrected chi connectivity index (χ3v) is 4.03. The molecule has 0 radical (unpaired) electrons. The molecular weight excluding hydrogens is 255 g/mol. The minimum Gasteiger partial charge on any atom is -0.352 e. The van der Waals surface area contributed by atoms with Crippen LogP contribution < -0.4 is 11.1 Å². The summed E-state index contributed by atoms with van der Waals surface area (Å²) in [6.45, 7) is 1.95. The number of hydrogen-bond acceptors (Lipinski definition) is 2. The number of carbonyl (C=O) groups excluding carboxylic acids is 1. The minimum absolute atomic E-state index is 0.00434. The molecule has 1 saturated carbocycles. The van der Waals surface area contributed by atoms with Crippen LogP contribution >= 0.6 is 0 Å². The Labute approximate surface area is 119 Å². The SMILES string of the molecule is CC(Cc1ccc(F)cc1)NC(=O)C1(N)CCCCC1. The summed E-state index contributed by atoms with van der Waals surface area (Å²) in [6, 6.07) is 6.37. The summed E-state index contributed by atoms with van der Waals surface area (Å²) >= 11 is 0. The van der Waals surface area contributed by atoms with E-state index in [0.29, 0.717) is 6.42 Å². The molecule has 3 N–H and O–H groups in total. The van der Waals surface area contributed by atoms with E-state index in [4.69, 9.17) is 5.73 Å². The molecule has 1 amide bonds. The predicted octanol–water partition coefficient (Wildman–Crippen LogP) is 2.53. The van der Waals surface area contributed by atoms with Gasteiger partial charge in [-0.05, 0) is 43.9 Å². The number of carbonyl (C=O) groups is 1. The standard InChI is InChI=1S/C16H23FN2O/c1-12(11-13-5-7-14(17)8-6-13)19-15(20)16(18)9-3-2-4-10-16/h5-8,12H,2-4,9-11,18H2,1H3,(H,19,20). The van der Waals surface area contributed by atoms with Crippen LogP contribution in [-0.4, -0.2) is 17.5 Å². The van der Waals surface area contributed by atoms with Crippen molar-refractivity contribution in [3.8, 4) is 0 Å². The van der Waals surface area contributed by atoms with Gasteiger partial charge in [-0.15, -0.1) is 0 Å². The summed E-state index contributed by atoms with van der Waals surface area (Å²) in [4.78, 5) is 12.3. The van der Waals surface area contributed by atoms with Crippen LogP contribution in [0.3, 0.4) is 0 Å². The van der Waals surface area contributed by atoms with Crippen molar-refractivity contribution in [3.05, 3.63) is 35.6 Å². The highest BCUT2D eigenvalue weighted by molar-refractivity contribution is 5.86. The Hall–Kier alpha value is -1.42. The van der Waals surface area contributed by atoms with Gasteiger partial charge >= 0.3 is 0 Å². The lowest BCUT2D eigenvalue weighted by molar-refractivity contribution is -0.128. The Morgan fingerprint density at radius 1 is 1.30 bits per heavy atom. The Balaban J connectivity index is 1.88. The van der Waals surface area contributed by atoms with Crippen molar-refractivity contribution in [1.29, 1.82) is 0 Å². The molecule has 1 aliphatic rings. The maximum Gasteiger partial charge on any atom is 0.240 e. The van der Waals surface area contributed by atoms with Gasteiger partial charge in [-0.2, -0.15) is 0 Å². The smallest absolute Gasteiger partial charge is 0.240 e. The summed E-state index contributed by atoms with van der Waals surface area (Å²) in [7, 11) is 0. The molecule has 0 saturated heterocycles. The third kappa shape index (κ3) is 3.79. The second-order valence-corrected chi connectivity index (χ2v) is 5.92. The van der Waals surface area contributed by atoms with Gasteiger partial charge in [0, 0.05) is 6.04 Å². The highest BCUT2D eigenvalue weighted by Crippen LogP contribution is 2.26. The molecule has 0 spiro atoms. The van der Waals surface area contributed by atoms with E-state index in [9.17, 15) is 9.18 Å². The lowest BCUT2D eigenvalue weighted by atomic mass is 9.81. The normalized spacial score (nSPS) is 19.4. The highest BCUT2D eigenvalue weighted by Gasteiger charge is 2.35. The maximum absolute atomic E-state index is 12.8. The quantitative estimate of drug-likeness (QED) is 0.889. The number of halogens is 1. The molecule has 0 aliphatic heterocycles. The molecule has 20 heavy (non-hydrogen) atoms. The zero-order chi connectivity index (χ0) is 14.6. The van der Waals surface area contributed by atoms with Crippen LogP contribution in [0.5, 0.6) is 0 Å². The molecule has 1 aromatic rings. The number of hydrogen-bond donors (Lipinski definition) is 2. The van der Waals surface area contributed by atoms with E-state index in [-0.39, 0.29) is 17.8 Å². The van der Waals surface area contributed by atoms with Crippen molar-refractivity contribution in [1.82, 2.24) is 5.32 Å². The van der Waals surface area contributed by atoms with Gasteiger partial charge in [0.05, 0.1) is 5.54 Å². The van der Waals surface area contributed by atoms with Gasteiger partial charge in [-0.25, -0.2) is 4.39 Å². The van der Waals surface area contributed by atoms with Crippen molar-refractivity contribution in [3.63, 3.8) is 0 Å². The van der Waals surface area contributed by atoms with E-state index < -0.39 is 5.54 Å². The molecular formula is C16H23FN2O. The van der Waals surface area contributed by atoms with Crippen LogP contribution in [0.1, 0.15) is 44.6 Å². The summed E-state index contributed by atoms with van der Waals surface area (Å²) in [5, 5.41) is 3.00. The minimum atomic E-state index is -0.699. The molecule has 1 aliphatic carbocycles. The second-order valence-electron chi connectivity index (χ2n) is 5.92. The van der Waals surface area contributed by atoms with E-state index in [1.807, 2.05) is 6.92 Å². The lowest BCUT2D eigenvalue weighted by Crippen LogP contribution is -2.56. The first-order valence-corrected chi connectivity index (χ1v) is 7.34. The van der Waals surface area contributed by atoms with Gasteiger partial charge in [0.2, 0.25) is 5.91 Å². The Morgan fingerprint density at radius 3 is 2.50 bits per heavy atom. The van der Waals surface area contributed by atoms with Gasteiger partial charge in [0.1, 0.15) is 5.82 Å². The van der Waals surface area contributed by atoms with Crippen molar-refractivity contribution in [2.75, 3.05) is 0 Å². The van der Waals surface area contributed by atoms with E-state index in [1.54, 1.807) is 12.1 Å². The first-order valence-electron chi connectivity index (χ1n) is 7.34.